The standard InChI is InChI=1S/C26H32NP/c27-20-22-16-18-23(19-17-22)21-28(24-10-4-1-5-11-24,25-12-6-2-7-13-25)26-14-8-3-9-15-26/h1-15,22-23,28H,16-21,27H2. The van der Waals surface area contributed by atoms with E-state index in [1.807, 2.05) is 0 Å². The van der Waals surface area contributed by atoms with Gasteiger partial charge in [0.15, 0.2) is 0 Å². The van der Waals surface area contributed by atoms with Gasteiger partial charge in [0.2, 0.25) is 0 Å². The minimum absolute atomic E-state index is 0.734. The van der Waals surface area contributed by atoms with E-state index in [1.165, 1.54) is 47.8 Å². The van der Waals surface area contributed by atoms with Gasteiger partial charge in [-0.25, -0.2) is 0 Å². The van der Waals surface area contributed by atoms with Crippen molar-refractivity contribution >= 4 is 23.2 Å². The number of rotatable bonds is 6. The van der Waals surface area contributed by atoms with Crippen LogP contribution in [0, 0.1) is 11.8 Å². The normalized spacial score (nSPS) is 20.6. The van der Waals surface area contributed by atoms with Gasteiger partial charge in [-0.05, 0) is 0 Å². The summed E-state index contributed by atoms with van der Waals surface area (Å²) < 4.78 is 0. The third-order valence-corrected chi connectivity index (χ3v) is 11.8. The molecule has 0 spiro atoms. The summed E-state index contributed by atoms with van der Waals surface area (Å²) >= 11 is 0. The molecule has 1 aliphatic carbocycles. The van der Waals surface area contributed by atoms with Crippen molar-refractivity contribution in [2.75, 3.05) is 12.7 Å². The summed E-state index contributed by atoms with van der Waals surface area (Å²) in [7, 11) is -2.07. The van der Waals surface area contributed by atoms with E-state index in [9.17, 15) is 0 Å². The molecule has 0 aliphatic heterocycles. The molecule has 2 heteroatoms. The third-order valence-electron chi connectivity index (χ3n) is 6.69. The molecule has 0 amide bonds. The second kappa shape index (κ2) is 9.03. The Balaban J connectivity index is 1.82. The van der Waals surface area contributed by atoms with E-state index in [2.05, 4.69) is 91.0 Å². The van der Waals surface area contributed by atoms with Gasteiger partial charge in [0, 0.05) is 0 Å². The fourth-order valence-corrected chi connectivity index (χ4v) is 10.4. The topological polar surface area (TPSA) is 26.0 Å². The summed E-state index contributed by atoms with van der Waals surface area (Å²) in [5, 5.41) is 4.61. The van der Waals surface area contributed by atoms with Crippen LogP contribution in [-0.2, 0) is 0 Å². The maximum atomic E-state index is 5.96. The first-order chi connectivity index (χ1) is 13.8. The number of nitrogens with two attached hydrogens (primary N) is 1. The Morgan fingerprint density at radius 1 is 0.571 bits per heavy atom. The Labute approximate surface area is 170 Å². The summed E-state index contributed by atoms with van der Waals surface area (Å²) in [5.41, 5.74) is 5.96. The maximum absolute atomic E-state index is 5.96. The van der Waals surface area contributed by atoms with Crippen LogP contribution in [0.15, 0.2) is 91.0 Å². The summed E-state index contributed by atoms with van der Waals surface area (Å²) in [4.78, 5) is 0. The first-order valence-electron chi connectivity index (χ1n) is 10.7. The number of hydrogen-bond acceptors (Lipinski definition) is 1. The molecule has 4 rings (SSSR count). The van der Waals surface area contributed by atoms with Crippen LogP contribution in [0.2, 0.25) is 0 Å². The van der Waals surface area contributed by atoms with E-state index >= 15 is 0 Å². The Hall–Kier alpha value is -1.95. The van der Waals surface area contributed by atoms with Gasteiger partial charge in [0.25, 0.3) is 0 Å². The zero-order valence-corrected chi connectivity index (χ0v) is 17.6. The summed E-state index contributed by atoms with van der Waals surface area (Å²) in [6.07, 6.45) is 6.53. The SMILES string of the molecule is NCC1CCC(C[PH](c2ccccc2)(c2ccccc2)c2ccccc2)CC1. The predicted molar refractivity (Wildman–Crippen MR) is 126 cm³/mol. The van der Waals surface area contributed by atoms with Crippen molar-refractivity contribution in [1.82, 2.24) is 0 Å². The van der Waals surface area contributed by atoms with Crippen molar-refractivity contribution in [2.24, 2.45) is 17.6 Å². The van der Waals surface area contributed by atoms with E-state index in [-0.39, 0.29) is 0 Å². The molecule has 0 radical (unpaired) electrons. The van der Waals surface area contributed by atoms with Crippen molar-refractivity contribution in [3.63, 3.8) is 0 Å². The van der Waals surface area contributed by atoms with E-state index in [0.717, 1.165) is 18.4 Å². The van der Waals surface area contributed by atoms with Gasteiger partial charge in [0.05, 0.1) is 0 Å². The van der Waals surface area contributed by atoms with E-state index in [0.29, 0.717) is 0 Å². The second-order valence-corrected chi connectivity index (χ2v) is 12.3. The Bertz CT molecular complexity index is 743. The average Bonchev–Trinajstić information content (AvgIpc) is 2.80. The van der Waals surface area contributed by atoms with Gasteiger partial charge in [0.1, 0.15) is 0 Å². The van der Waals surface area contributed by atoms with Crippen LogP contribution in [0.5, 0.6) is 0 Å². The van der Waals surface area contributed by atoms with Gasteiger partial charge in [-0.3, -0.25) is 0 Å². The predicted octanol–water partition coefficient (Wildman–Crippen LogP) is 4.48. The molecule has 0 atom stereocenters. The molecular formula is C26H32NP. The molecule has 1 saturated carbocycles. The van der Waals surface area contributed by atoms with Crippen molar-refractivity contribution in [1.29, 1.82) is 0 Å². The van der Waals surface area contributed by atoms with Gasteiger partial charge >= 0.3 is 170 Å². The number of hydrogen-bond donors (Lipinski definition) is 1. The molecule has 2 N–H and O–H groups in total. The number of benzene rings is 3. The van der Waals surface area contributed by atoms with Crippen molar-refractivity contribution in [2.45, 2.75) is 25.7 Å². The Morgan fingerprint density at radius 2 is 0.929 bits per heavy atom. The molecule has 0 bridgehead atoms. The molecule has 0 aromatic heterocycles. The van der Waals surface area contributed by atoms with Crippen LogP contribution in [0.3, 0.4) is 0 Å². The quantitative estimate of drug-likeness (QED) is 0.618. The molecule has 28 heavy (non-hydrogen) atoms. The van der Waals surface area contributed by atoms with Crippen LogP contribution in [0.4, 0.5) is 0 Å². The molecule has 0 saturated heterocycles. The molecular weight excluding hydrogens is 357 g/mol. The van der Waals surface area contributed by atoms with Crippen LogP contribution in [0.25, 0.3) is 0 Å². The fraction of sp³-hybridized carbons (Fsp3) is 0.308. The van der Waals surface area contributed by atoms with Gasteiger partial charge < -0.3 is 0 Å². The van der Waals surface area contributed by atoms with Crippen LogP contribution in [0.1, 0.15) is 25.7 Å². The Kier molecular flexibility index (Phi) is 6.25. The van der Waals surface area contributed by atoms with Crippen molar-refractivity contribution in [3.8, 4) is 0 Å². The fourth-order valence-electron chi connectivity index (χ4n) is 5.13. The van der Waals surface area contributed by atoms with E-state index in [1.54, 1.807) is 0 Å². The molecule has 0 heterocycles. The average molecular weight is 390 g/mol. The molecule has 3 aromatic rings. The molecule has 1 fully saturated rings. The van der Waals surface area contributed by atoms with Crippen molar-refractivity contribution < 1.29 is 0 Å². The Morgan fingerprint density at radius 3 is 1.29 bits per heavy atom. The molecule has 1 aliphatic rings. The summed E-state index contributed by atoms with van der Waals surface area (Å²) in [6.45, 7) is 0.853. The van der Waals surface area contributed by atoms with Gasteiger partial charge in [-0.15, -0.1) is 0 Å². The summed E-state index contributed by atoms with van der Waals surface area (Å²) in [5.74, 6) is 1.52. The monoisotopic (exact) mass is 389 g/mol. The molecule has 146 valence electrons. The zero-order chi connectivity index (χ0) is 19.2. The first kappa shape index (κ1) is 19.4. The first-order valence-corrected chi connectivity index (χ1v) is 12.9. The zero-order valence-electron chi connectivity index (χ0n) is 16.6. The minimum atomic E-state index is -2.07. The van der Waals surface area contributed by atoms with Crippen molar-refractivity contribution in [3.05, 3.63) is 91.0 Å². The van der Waals surface area contributed by atoms with E-state index in [4.69, 9.17) is 5.73 Å². The van der Waals surface area contributed by atoms with Crippen LogP contribution in [-0.4, -0.2) is 12.7 Å². The van der Waals surface area contributed by atoms with Crippen LogP contribution >= 0.6 is 7.26 Å². The van der Waals surface area contributed by atoms with Gasteiger partial charge in [-0.1, -0.05) is 0 Å². The molecule has 1 nitrogen and oxygen atoms in total. The summed E-state index contributed by atoms with van der Waals surface area (Å²) in [6, 6.07) is 34.0. The van der Waals surface area contributed by atoms with Gasteiger partial charge in [-0.2, -0.15) is 0 Å². The van der Waals surface area contributed by atoms with E-state index < -0.39 is 7.26 Å². The van der Waals surface area contributed by atoms with Crippen LogP contribution < -0.4 is 21.6 Å². The molecule has 3 aromatic carbocycles. The molecule has 0 unspecified atom stereocenters. The second-order valence-electron chi connectivity index (χ2n) is 8.33. The third kappa shape index (κ3) is 3.93.